The minimum absolute atomic E-state index is 0.186. The third-order valence-electron chi connectivity index (χ3n) is 10.8. The molecule has 5 aromatic carbocycles. The number of ether oxygens (including phenoxy) is 2. The van der Waals surface area contributed by atoms with Gasteiger partial charge in [-0.2, -0.15) is 0 Å². The lowest BCUT2D eigenvalue weighted by atomic mass is 9.91. The second kappa shape index (κ2) is 13.9. The van der Waals surface area contributed by atoms with Crippen LogP contribution in [0.5, 0.6) is 5.75 Å². The predicted octanol–water partition coefficient (Wildman–Crippen LogP) is 7.74. The number of nitrogens with two attached hydrogens (primary N) is 2. The minimum Gasteiger partial charge on any atom is -0.494 e. The van der Waals surface area contributed by atoms with Crippen LogP contribution >= 0.6 is 0 Å². The molecule has 0 saturated carbocycles. The monoisotopic (exact) mass is 755 g/mol. The van der Waals surface area contributed by atoms with E-state index in [4.69, 9.17) is 30.9 Å². The van der Waals surface area contributed by atoms with Crippen molar-refractivity contribution in [2.45, 2.75) is 12.8 Å². The summed E-state index contributed by atoms with van der Waals surface area (Å²) < 4.78 is 29.7. The smallest absolute Gasteiger partial charge is 0.206 e. The van der Waals surface area contributed by atoms with Gasteiger partial charge < -0.3 is 25.8 Å². The van der Waals surface area contributed by atoms with E-state index < -0.39 is 5.82 Å². The van der Waals surface area contributed by atoms with Crippen LogP contribution in [0.1, 0.15) is 22.5 Å². The van der Waals surface area contributed by atoms with Crippen LogP contribution < -0.4 is 21.1 Å². The van der Waals surface area contributed by atoms with Crippen molar-refractivity contribution in [2.24, 2.45) is 0 Å². The largest absolute Gasteiger partial charge is 0.494 e. The molecule has 57 heavy (non-hydrogen) atoms. The number of morpholine rings is 1. The van der Waals surface area contributed by atoms with Gasteiger partial charge in [-0.05, 0) is 58.1 Å². The fourth-order valence-electron chi connectivity index (χ4n) is 8.09. The van der Waals surface area contributed by atoms with Crippen molar-refractivity contribution >= 4 is 50.7 Å². The molecule has 12 heteroatoms. The number of hydrogen-bond acceptors (Lipinski definition) is 9. The van der Waals surface area contributed by atoms with Gasteiger partial charge >= 0.3 is 0 Å². The first-order valence-electron chi connectivity index (χ1n) is 18.9. The van der Waals surface area contributed by atoms with Crippen molar-refractivity contribution < 1.29 is 13.9 Å². The highest BCUT2D eigenvalue weighted by atomic mass is 19.1. The predicted molar refractivity (Wildman–Crippen MR) is 222 cm³/mol. The lowest BCUT2D eigenvalue weighted by Gasteiger charge is -2.31. The summed E-state index contributed by atoms with van der Waals surface area (Å²) in [5.41, 5.74) is 24.4. The highest BCUT2D eigenvalue weighted by Gasteiger charge is 2.21. The van der Waals surface area contributed by atoms with E-state index in [0.29, 0.717) is 54.3 Å². The van der Waals surface area contributed by atoms with Gasteiger partial charge in [0.05, 0.1) is 31.7 Å². The first-order chi connectivity index (χ1) is 27.9. The van der Waals surface area contributed by atoms with Crippen LogP contribution in [-0.4, -0.2) is 62.2 Å². The maximum atomic E-state index is 14.7. The molecule has 1 saturated heterocycles. The van der Waals surface area contributed by atoms with Crippen molar-refractivity contribution in [1.29, 1.82) is 0 Å². The summed E-state index contributed by atoms with van der Waals surface area (Å²) in [7, 11) is 1.63. The second-order valence-electron chi connectivity index (χ2n) is 14.3. The molecule has 0 spiro atoms. The molecule has 282 valence electrons. The Balaban J connectivity index is 1.06. The molecule has 4 N–H and O–H groups in total. The zero-order chi connectivity index (χ0) is 38.6. The number of rotatable bonds is 8. The van der Waals surface area contributed by atoms with Crippen LogP contribution in [0, 0.1) is 5.82 Å². The van der Waals surface area contributed by atoms with E-state index in [2.05, 4.69) is 63.4 Å². The van der Waals surface area contributed by atoms with E-state index in [0.717, 1.165) is 74.6 Å². The van der Waals surface area contributed by atoms with E-state index in [9.17, 15) is 4.39 Å². The minimum atomic E-state index is -0.428. The molecule has 0 radical (unpaired) electrons. The Morgan fingerprint density at radius 2 is 1.33 bits per heavy atom. The van der Waals surface area contributed by atoms with Gasteiger partial charge in [-0.15, -0.1) is 0 Å². The van der Waals surface area contributed by atoms with Gasteiger partial charge in [0.25, 0.3) is 0 Å². The Bertz CT molecular complexity index is 2990. The highest BCUT2D eigenvalue weighted by Crippen LogP contribution is 2.37. The fourth-order valence-corrected chi connectivity index (χ4v) is 8.09. The standard InChI is InChI=1S/C45H38FN9O2/c1-56-39-12-6-10-36-41(39)52-45(48)54-25-31(49-43(36)54)21-27-13-15-34(38(22-27)53-17-19-57-20-18-53)29-14-16-33(28-7-3-2-4-8-28)30(23-29)24-32-26-55-42(50-32)35-9-5-11-37(46)40(35)51-44(55)47/h2-16,22-23,25-26H,17-21,24H2,1H3,(H2,47,51)(H2,48,52). The molecular formula is C45H38FN9O2. The molecule has 9 aromatic rings. The summed E-state index contributed by atoms with van der Waals surface area (Å²) in [6.45, 7) is 2.87. The van der Waals surface area contributed by atoms with E-state index in [1.807, 2.05) is 59.3 Å². The number of halogens is 1. The lowest BCUT2D eigenvalue weighted by molar-refractivity contribution is 0.123. The molecule has 4 aromatic heterocycles. The Labute approximate surface area is 327 Å². The van der Waals surface area contributed by atoms with Crippen LogP contribution in [-0.2, 0) is 17.6 Å². The molecule has 11 nitrogen and oxygen atoms in total. The Morgan fingerprint density at radius 1 is 0.667 bits per heavy atom. The van der Waals surface area contributed by atoms with Crippen LogP contribution in [0.3, 0.4) is 0 Å². The molecule has 0 unspecified atom stereocenters. The average Bonchev–Trinajstić information content (AvgIpc) is 3.88. The van der Waals surface area contributed by atoms with Gasteiger partial charge in [0.15, 0.2) is 0 Å². The SMILES string of the molecule is COc1cccc2c1nc(N)n1cc(Cc3ccc(-c4ccc(-c5ccccc5)c(Cc5cn6c(N)nc7c(F)cccc7c6n5)c4)c(N4CCOCC4)c3)nc21. The molecule has 0 amide bonds. The maximum absolute atomic E-state index is 14.7. The molecule has 1 aliphatic rings. The number of methoxy groups -OCH3 is 1. The van der Waals surface area contributed by atoms with E-state index >= 15 is 0 Å². The van der Waals surface area contributed by atoms with E-state index in [1.165, 1.54) is 6.07 Å². The van der Waals surface area contributed by atoms with Crippen molar-refractivity contribution in [3.05, 3.63) is 144 Å². The van der Waals surface area contributed by atoms with Gasteiger partial charge in [-0.25, -0.2) is 24.3 Å². The van der Waals surface area contributed by atoms with Gasteiger partial charge in [0, 0.05) is 60.3 Å². The first-order valence-corrected chi connectivity index (χ1v) is 18.9. The third-order valence-corrected chi connectivity index (χ3v) is 10.8. The van der Waals surface area contributed by atoms with Crippen molar-refractivity contribution in [3.63, 3.8) is 0 Å². The molecule has 1 fully saturated rings. The first kappa shape index (κ1) is 34.4. The number of para-hydroxylation sites is 2. The lowest BCUT2D eigenvalue weighted by Crippen LogP contribution is -2.36. The molecule has 1 aliphatic heterocycles. The zero-order valence-electron chi connectivity index (χ0n) is 31.2. The van der Waals surface area contributed by atoms with E-state index in [1.54, 1.807) is 17.6 Å². The molecule has 10 rings (SSSR count). The quantitative estimate of drug-likeness (QED) is 0.160. The second-order valence-corrected chi connectivity index (χ2v) is 14.3. The Kier molecular flexibility index (Phi) is 8.40. The number of benzene rings is 5. The average molecular weight is 756 g/mol. The number of hydrogen-bond donors (Lipinski definition) is 2. The van der Waals surface area contributed by atoms with Gasteiger partial charge in [-0.1, -0.05) is 72.8 Å². The molecule has 0 aliphatic carbocycles. The topological polar surface area (TPSA) is 134 Å². The van der Waals surface area contributed by atoms with Crippen molar-refractivity contribution in [3.8, 4) is 28.0 Å². The zero-order valence-corrected chi connectivity index (χ0v) is 31.2. The molecule has 0 bridgehead atoms. The molecule has 5 heterocycles. The number of nitrogens with zero attached hydrogens (tertiary/aromatic N) is 7. The fraction of sp³-hybridized carbons (Fsp3) is 0.156. The summed E-state index contributed by atoms with van der Waals surface area (Å²) in [6, 6.07) is 34.4. The van der Waals surface area contributed by atoms with Gasteiger partial charge in [0.2, 0.25) is 11.9 Å². The summed E-state index contributed by atoms with van der Waals surface area (Å²) in [6.07, 6.45) is 5.00. The third kappa shape index (κ3) is 6.10. The summed E-state index contributed by atoms with van der Waals surface area (Å²) in [5.74, 6) is 0.766. The Morgan fingerprint density at radius 3 is 2.07 bits per heavy atom. The van der Waals surface area contributed by atoms with Gasteiger partial charge in [0.1, 0.15) is 33.9 Å². The number of nitrogen functional groups attached to an aromatic ring is 2. The van der Waals surface area contributed by atoms with Crippen LogP contribution in [0.4, 0.5) is 22.0 Å². The molecule has 0 atom stereocenters. The number of aromatic nitrogens is 6. The van der Waals surface area contributed by atoms with Crippen LogP contribution in [0.25, 0.3) is 55.4 Å². The van der Waals surface area contributed by atoms with Crippen LogP contribution in [0.15, 0.2) is 116 Å². The summed E-state index contributed by atoms with van der Waals surface area (Å²) in [5, 5.41) is 1.49. The maximum Gasteiger partial charge on any atom is 0.206 e. The van der Waals surface area contributed by atoms with Crippen molar-refractivity contribution in [1.82, 2.24) is 28.7 Å². The Hall–Kier alpha value is -7.05. The summed E-state index contributed by atoms with van der Waals surface area (Å²) in [4.78, 5) is 21.4. The highest BCUT2D eigenvalue weighted by molar-refractivity contribution is 5.96. The number of fused-ring (bicyclic) bond motifs is 6. The van der Waals surface area contributed by atoms with E-state index in [-0.39, 0.29) is 11.5 Å². The molecular weight excluding hydrogens is 718 g/mol. The summed E-state index contributed by atoms with van der Waals surface area (Å²) >= 11 is 0. The van der Waals surface area contributed by atoms with Crippen LogP contribution in [0.2, 0.25) is 0 Å². The number of anilines is 3. The van der Waals surface area contributed by atoms with Gasteiger partial charge in [-0.3, -0.25) is 8.80 Å². The number of imidazole rings is 2. The normalized spacial score (nSPS) is 13.3. The van der Waals surface area contributed by atoms with Crippen molar-refractivity contribution in [2.75, 3.05) is 49.8 Å².